The number of aromatic amines is 1. The summed E-state index contributed by atoms with van der Waals surface area (Å²) in [6.45, 7) is 1.57. The number of aromatic nitrogens is 1. The number of hydrogen-bond acceptors (Lipinski definition) is 4. The highest BCUT2D eigenvalue weighted by molar-refractivity contribution is 9.10. The molecule has 0 radical (unpaired) electrons. The maximum absolute atomic E-state index is 12.1. The summed E-state index contributed by atoms with van der Waals surface area (Å²) in [5.74, 6) is -0.228. The number of fused-ring (bicyclic) bond motifs is 1. The fourth-order valence-corrected chi connectivity index (χ4v) is 2.67. The average Bonchev–Trinajstić information content (AvgIpc) is 2.89. The first-order valence-electron chi connectivity index (χ1n) is 7.32. The van der Waals surface area contributed by atoms with E-state index in [1.165, 1.54) is 0 Å². The van der Waals surface area contributed by atoms with Gasteiger partial charge < -0.3 is 14.8 Å². The Morgan fingerprint density at radius 3 is 2.72 bits per heavy atom. The zero-order chi connectivity index (χ0) is 18.0. The molecule has 1 atom stereocenters. The highest BCUT2D eigenvalue weighted by atomic mass is 79.9. The summed E-state index contributed by atoms with van der Waals surface area (Å²) in [6.07, 6.45) is -0.830. The number of rotatable bonds is 4. The van der Waals surface area contributed by atoms with E-state index in [4.69, 9.17) is 16.3 Å². The Morgan fingerprint density at radius 2 is 2.00 bits per heavy atom. The number of azo groups is 1. The molecular formula is C17H13BrClN3O3. The van der Waals surface area contributed by atoms with Gasteiger partial charge in [0.1, 0.15) is 5.75 Å². The van der Waals surface area contributed by atoms with Crippen LogP contribution in [0.4, 0.5) is 5.69 Å². The van der Waals surface area contributed by atoms with E-state index in [2.05, 4.69) is 31.1 Å². The van der Waals surface area contributed by atoms with Crippen LogP contribution in [0.5, 0.6) is 11.6 Å². The van der Waals surface area contributed by atoms with Gasteiger partial charge in [-0.2, -0.15) is 0 Å². The lowest BCUT2D eigenvalue weighted by atomic mass is 10.2. The first-order chi connectivity index (χ1) is 11.9. The average molecular weight is 423 g/mol. The van der Waals surface area contributed by atoms with E-state index in [9.17, 15) is 9.90 Å². The van der Waals surface area contributed by atoms with Crippen LogP contribution >= 0.6 is 27.5 Å². The second-order valence-electron chi connectivity index (χ2n) is 5.26. The van der Waals surface area contributed by atoms with Gasteiger partial charge in [0.25, 0.3) is 0 Å². The van der Waals surface area contributed by atoms with Crippen LogP contribution in [-0.2, 0) is 4.79 Å². The molecule has 1 amide bonds. The van der Waals surface area contributed by atoms with Crippen LogP contribution in [-0.4, -0.2) is 22.1 Å². The van der Waals surface area contributed by atoms with Crippen molar-refractivity contribution in [3.05, 3.63) is 52.0 Å². The summed E-state index contributed by atoms with van der Waals surface area (Å²) in [5, 5.41) is 18.7. The summed E-state index contributed by atoms with van der Waals surface area (Å²) in [6, 6.07) is 12.0. The number of nitrogens with zero attached hydrogens (tertiary/aromatic N) is 2. The normalized spacial score (nSPS) is 12.6. The Morgan fingerprint density at radius 1 is 1.28 bits per heavy atom. The topological polar surface area (TPSA) is 87.0 Å². The van der Waals surface area contributed by atoms with E-state index in [1.807, 2.05) is 6.07 Å². The molecular weight excluding hydrogens is 410 g/mol. The maximum atomic E-state index is 12.1. The molecule has 6 nitrogen and oxygen atoms in total. The molecule has 0 aliphatic rings. The molecule has 3 rings (SSSR count). The van der Waals surface area contributed by atoms with Crippen LogP contribution in [0.15, 0.2) is 57.2 Å². The van der Waals surface area contributed by atoms with Crippen molar-refractivity contribution < 1.29 is 14.6 Å². The second-order valence-corrected chi connectivity index (χ2v) is 6.62. The smallest absolute Gasteiger partial charge is 0.304 e. The zero-order valence-electron chi connectivity index (χ0n) is 13.0. The molecule has 0 aliphatic heterocycles. The standard InChI is InChI=1S/C17H13BrClN3O3/c1-9(25-12-5-3-11(19)4-6-12)16(23)22-21-15-13-8-10(18)2-7-14(13)20-17(15)24/h2-9,20,24H,1H3. The molecule has 3 aromatic rings. The number of nitrogens with one attached hydrogen (secondary N) is 1. The van der Waals surface area contributed by atoms with Crippen LogP contribution in [0.2, 0.25) is 5.02 Å². The van der Waals surface area contributed by atoms with Gasteiger partial charge in [-0.1, -0.05) is 27.5 Å². The fourth-order valence-electron chi connectivity index (χ4n) is 2.19. The summed E-state index contributed by atoms with van der Waals surface area (Å²) in [5.41, 5.74) is 0.885. The zero-order valence-corrected chi connectivity index (χ0v) is 15.4. The summed E-state index contributed by atoms with van der Waals surface area (Å²) < 4.78 is 6.32. The van der Waals surface area contributed by atoms with Crippen molar-refractivity contribution >= 4 is 50.0 Å². The Hall–Kier alpha value is -2.38. The van der Waals surface area contributed by atoms with Gasteiger partial charge in [-0.05, 0) is 49.4 Å². The number of aromatic hydroxyl groups is 1. The number of halogens is 2. The van der Waals surface area contributed by atoms with Crippen LogP contribution in [0, 0.1) is 0 Å². The van der Waals surface area contributed by atoms with E-state index < -0.39 is 12.0 Å². The lowest BCUT2D eigenvalue weighted by Crippen LogP contribution is -2.21. The van der Waals surface area contributed by atoms with E-state index in [0.717, 1.165) is 4.47 Å². The Kier molecular flexibility index (Phi) is 5.06. The Balaban J connectivity index is 1.77. The van der Waals surface area contributed by atoms with Gasteiger partial charge in [0.05, 0.1) is 5.52 Å². The molecule has 128 valence electrons. The predicted molar refractivity (Wildman–Crippen MR) is 98.7 cm³/mol. The molecule has 0 saturated heterocycles. The quantitative estimate of drug-likeness (QED) is 0.554. The van der Waals surface area contributed by atoms with Gasteiger partial charge in [0.2, 0.25) is 5.88 Å². The molecule has 0 fully saturated rings. The largest absolute Gasteiger partial charge is 0.493 e. The number of ether oxygens (including phenoxy) is 1. The van der Waals surface area contributed by atoms with Crippen molar-refractivity contribution in [1.29, 1.82) is 0 Å². The number of amides is 1. The first kappa shape index (κ1) is 17.4. The van der Waals surface area contributed by atoms with E-state index in [-0.39, 0.29) is 11.6 Å². The molecule has 1 unspecified atom stereocenters. The van der Waals surface area contributed by atoms with Crippen molar-refractivity contribution in [2.24, 2.45) is 10.2 Å². The fraction of sp³-hybridized carbons (Fsp3) is 0.118. The minimum Gasteiger partial charge on any atom is -0.493 e. The van der Waals surface area contributed by atoms with Crippen molar-refractivity contribution in [3.8, 4) is 11.6 Å². The number of hydrogen-bond donors (Lipinski definition) is 2. The van der Waals surface area contributed by atoms with Crippen LogP contribution in [0.3, 0.4) is 0 Å². The van der Waals surface area contributed by atoms with E-state index in [1.54, 1.807) is 43.3 Å². The molecule has 0 saturated carbocycles. The lowest BCUT2D eigenvalue weighted by molar-refractivity contribution is -0.124. The van der Waals surface area contributed by atoms with Crippen LogP contribution in [0.25, 0.3) is 10.9 Å². The summed E-state index contributed by atoms with van der Waals surface area (Å²) >= 11 is 9.16. The minimum atomic E-state index is -0.830. The van der Waals surface area contributed by atoms with Crippen molar-refractivity contribution in [2.75, 3.05) is 0 Å². The number of carbonyl (C=O) groups is 1. The van der Waals surface area contributed by atoms with Gasteiger partial charge in [0, 0.05) is 14.9 Å². The predicted octanol–water partition coefficient (Wildman–Crippen LogP) is 5.37. The monoisotopic (exact) mass is 421 g/mol. The van der Waals surface area contributed by atoms with Gasteiger partial charge in [-0.3, -0.25) is 4.79 Å². The van der Waals surface area contributed by atoms with Crippen molar-refractivity contribution in [3.63, 3.8) is 0 Å². The molecule has 1 aromatic heterocycles. The van der Waals surface area contributed by atoms with Crippen molar-refractivity contribution in [1.82, 2.24) is 4.98 Å². The number of carbonyl (C=O) groups excluding carboxylic acids is 1. The van der Waals surface area contributed by atoms with Gasteiger partial charge in [-0.25, -0.2) is 0 Å². The van der Waals surface area contributed by atoms with E-state index in [0.29, 0.717) is 21.7 Å². The summed E-state index contributed by atoms with van der Waals surface area (Å²) in [7, 11) is 0. The second kappa shape index (κ2) is 7.25. The molecule has 2 aromatic carbocycles. The van der Waals surface area contributed by atoms with Crippen molar-refractivity contribution in [2.45, 2.75) is 13.0 Å². The molecule has 0 aliphatic carbocycles. The number of H-pyrrole nitrogens is 1. The van der Waals surface area contributed by atoms with E-state index >= 15 is 0 Å². The first-order valence-corrected chi connectivity index (χ1v) is 8.49. The molecule has 1 heterocycles. The van der Waals surface area contributed by atoms with Gasteiger partial charge in [0.15, 0.2) is 11.8 Å². The Labute approximate surface area is 156 Å². The van der Waals surface area contributed by atoms with Gasteiger partial charge in [-0.15, -0.1) is 10.2 Å². The maximum Gasteiger partial charge on any atom is 0.304 e. The van der Waals surface area contributed by atoms with Crippen LogP contribution < -0.4 is 4.74 Å². The molecule has 8 heteroatoms. The third kappa shape index (κ3) is 4.00. The van der Waals surface area contributed by atoms with Gasteiger partial charge >= 0.3 is 5.91 Å². The molecule has 0 bridgehead atoms. The third-order valence-electron chi connectivity index (χ3n) is 3.44. The number of benzene rings is 2. The van der Waals surface area contributed by atoms with Crippen LogP contribution in [0.1, 0.15) is 6.92 Å². The Bertz CT molecular complexity index is 954. The SMILES string of the molecule is CC(Oc1ccc(Cl)cc1)C(=O)N=Nc1c(O)[nH]c2ccc(Br)cc12. The summed E-state index contributed by atoms with van der Waals surface area (Å²) in [4.78, 5) is 14.9. The third-order valence-corrected chi connectivity index (χ3v) is 4.18. The highest BCUT2D eigenvalue weighted by Gasteiger charge is 2.16. The molecule has 25 heavy (non-hydrogen) atoms. The molecule has 2 N–H and O–H groups in total. The lowest BCUT2D eigenvalue weighted by Gasteiger charge is -2.10. The highest BCUT2D eigenvalue weighted by Crippen LogP contribution is 2.36. The molecule has 0 spiro atoms. The minimum absolute atomic E-state index is 0.157.